The number of nitrogens with zero attached hydrogens (tertiary/aromatic N) is 4. The summed E-state index contributed by atoms with van der Waals surface area (Å²) in [6, 6.07) is 12.8. The molecule has 148 valence electrons. The molecule has 0 atom stereocenters. The van der Waals surface area contributed by atoms with E-state index in [-0.39, 0.29) is 0 Å². The fourth-order valence-corrected chi connectivity index (χ4v) is 4.07. The molecule has 28 heavy (non-hydrogen) atoms. The van der Waals surface area contributed by atoms with Crippen LogP contribution < -0.4 is 10.2 Å². The third-order valence-corrected chi connectivity index (χ3v) is 5.74. The Morgan fingerprint density at radius 2 is 1.64 bits per heavy atom. The van der Waals surface area contributed by atoms with Crippen LogP contribution in [0.15, 0.2) is 36.4 Å². The number of amides is 1. The average Bonchev–Trinajstić information content (AvgIpc) is 3.03. The van der Waals surface area contributed by atoms with Crippen molar-refractivity contribution in [2.75, 3.05) is 36.4 Å². The SMILES string of the molecule is O=CN1CCN(c2nc(NC3CCCCCC3)cc(-c3ccccc3)n2)CC1. The zero-order valence-corrected chi connectivity index (χ0v) is 16.4. The van der Waals surface area contributed by atoms with E-state index in [1.165, 1.54) is 38.5 Å². The highest BCUT2D eigenvalue weighted by molar-refractivity contribution is 5.64. The van der Waals surface area contributed by atoms with Gasteiger partial charge in [0.2, 0.25) is 12.4 Å². The Labute approximate surface area is 167 Å². The highest BCUT2D eigenvalue weighted by Gasteiger charge is 2.20. The molecule has 1 saturated carbocycles. The van der Waals surface area contributed by atoms with Crippen molar-refractivity contribution in [3.63, 3.8) is 0 Å². The number of hydrogen-bond acceptors (Lipinski definition) is 5. The molecule has 0 radical (unpaired) electrons. The summed E-state index contributed by atoms with van der Waals surface area (Å²) in [7, 11) is 0. The van der Waals surface area contributed by atoms with E-state index in [9.17, 15) is 4.79 Å². The van der Waals surface area contributed by atoms with Gasteiger partial charge in [-0.05, 0) is 12.8 Å². The Kier molecular flexibility index (Phi) is 6.04. The van der Waals surface area contributed by atoms with Crippen molar-refractivity contribution < 1.29 is 4.79 Å². The standard InChI is InChI=1S/C22H29N5O/c28-17-26-12-14-27(15-13-26)22-24-20(18-8-4-3-5-9-18)16-21(25-22)23-19-10-6-1-2-7-11-19/h3-5,8-9,16-17,19H,1-2,6-7,10-15H2,(H,23,24,25). The maximum Gasteiger partial charge on any atom is 0.227 e. The number of hydrogen-bond donors (Lipinski definition) is 1. The maximum atomic E-state index is 11.0. The second-order valence-electron chi connectivity index (χ2n) is 7.77. The summed E-state index contributed by atoms with van der Waals surface area (Å²) in [4.78, 5) is 24.7. The topological polar surface area (TPSA) is 61.4 Å². The number of nitrogens with one attached hydrogen (secondary N) is 1. The van der Waals surface area contributed by atoms with E-state index in [1.54, 1.807) is 0 Å². The first kappa shape index (κ1) is 18.7. The van der Waals surface area contributed by atoms with Crippen molar-refractivity contribution in [3.8, 4) is 11.3 Å². The predicted molar refractivity (Wildman–Crippen MR) is 112 cm³/mol. The second-order valence-corrected chi connectivity index (χ2v) is 7.77. The van der Waals surface area contributed by atoms with E-state index in [4.69, 9.17) is 9.97 Å². The predicted octanol–water partition coefficient (Wildman–Crippen LogP) is 3.56. The first-order valence-corrected chi connectivity index (χ1v) is 10.5. The molecule has 1 N–H and O–H groups in total. The van der Waals surface area contributed by atoms with Crippen LogP contribution >= 0.6 is 0 Å². The number of carbonyl (C=O) groups excluding carboxylic acids is 1. The molecule has 0 unspecified atom stereocenters. The Morgan fingerprint density at radius 1 is 0.929 bits per heavy atom. The van der Waals surface area contributed by atoms with Crippen LogP contribution in [-0.2, 0) is 4.79 Å². The van der Waals surface area contributed by atoms with Gasteiger partial charge in [-0.2, -0.15) is 4.98 Å². The van der Waals surface area contributed by atoms with Crippen LogP contribution in [0, 0.1) is 0 Å². The van der Waals surface area contributed by atoms with Crippen LogP contribution in [0.5, 0.6) is 0 Å². The van der Waals surface area contributed by atoms with Gasteiger partial charge in [0.05, 0.1) is 5.69 Å². The highest BCUT2D eigenvalue weighted by atomic mass is 16.1. The van der Waals surface area contributed by atoms with Crippen molar-refractivity contribution in [1.29, 1.82) is 0 Å². The molecule has 0 bridgehead atoms. The lowest BCUT2D eigenvalue weighted by atomic mass is 10.1. The molecule has 1 aromatic carbocycles. The molecule has 0 spiro atoms. The quantitative estimate of drug-likeness (QED) is 0.636. The van der Waals surface area contributed by atoms with Crippen LogP contribution in [0.3, 0.4) is 0 Å². The summed E-state index contributed by atoms with van der Waals surface area (Å²) in [6.07, 6.45) is 8.59. The smallest absolute Gasteiger partial charge is 0.227 e. The van der Waals surface area contributed by atoms with E-state index < -0.39 is 0 Å². The van der Waals surface area contributed by atoms with Gasteiger partial charge < -0.3 is 15.1 Å². The molecule has 1 saturated heterocycles. The molecule has 2 heterocycles. The Hall–Kier alpha value is -2.63. The van der Waals surface area contributed by atoms with E-state index in [0.717, 1.165) is 42.5 Å². The first-order valence-electron chi connectivity index (χ1n) is 10.5. The molecule has 1 aromatic heterocycles. The lowest BCUT2D eigenvalue weighted by molar-refractivity contribution is -0.118. The molecule has 6 heteroatoms. The van der Waals surface area contributed by atoms with E-state index in [2.05, 4.69) is 28.4 Å². The maximum absolute atomic E-state index is 11.0. The van der Waals surface area contributed by atoms with Crippen LogP contribution in [0.2, 0.25) is 0 Å². The van der Waals surface area contributed by atoms with Gasteiger partial charge in [-0.1, -0.05) is 56.0 Å². The van der Waals surface area contributed by atoms with Crippen molar-refractivity contribution in [2.45, 2.75) is 44.6 Å². The fourth-order valence-electron chi connectivity index (χ4n) is 4.07. The summed E-state index contributed by atoms with van der Waals surface area (Å²) in [5, 5.41) is 3.69. The molecule has 6 nitrogen and oxygen atoms in total. The van der Waals surface area contributed by atoms with E-state index >= 15 is 0 Å². The molecule has 1 aliphatic heterocycles. The van der Waals surface area contributed by atoms with Gasteiger partial charge in [-0.3, -0.25) is 4.79 Å². The van der Waals surface area contributed by atoms with Crippen LogP contribution in [0.1, 0.15) is 38.5 Å². The molecule has 2 aromatic rings. The number of piperazine rings is 1. The Bertz CT molecular complexity index is 766. The van der Waals surface area contributed by atoms with E-state index in [0.29, 0.717) is 19.1 Å². The lowest BCUT2D eigenvalue weighted by Crippen LogP contribution is -2.46. The minimum atomic E-state index is 0.487. The number of anilines is 2. The number of aromatic nitrogens is 2. The van der Waals surface area contributed by atoms with Crippen molar-refractivity contribution in [3.05, 3.63) is 36.4 Å². The molecule has 2 aliphatic rings. The Balaban J connectivity index is 1.60. The van der Waals surface area contributed by atoms with E-state index in [1.807, 2.05) is 23.1 Å². The van der Waals surface area contributed by atoms with Gasteiger partial charge in [-0.25, -0.2) is 4.98 Å². The zero-order chi connectivity index (χ0) is 19.2. The number of carbonyl (C=O) groups is 1. The van der Waals surface area contributed by atoms with Gasteiger partial charge in [0, 0.05) is 43.9 Å². The van der Waals surface area contributed by atoms with Crippen molar-refractivity contribution in [1.82, 2.24) is 14.9 Å². The molecule has 1 amide bonds. The largest absolute Gasteiger partial charge is 0.367 e. The monoisotopic (exact) mass is 379 g/mol. The first-order chi connectivity index (χ1) is 13.8. The highest BCUT2D eigenvalue weighted by Crippen LogP contribution is 2.26. The summed E-state index contributed by atoms with van der Waals surface area (Å²) < 4.78 is 0. The third kappa shape index (κ3) is 4.61. The number of rotatable bonds is 5. The zero-order valence-electron chi connectivity index (χ0n) is 16.4. The second kappa shape index (κ2) is 9.04. The summed E-state index contributed by atoms with van der Waals surface area (Å²) in [6.45, 7) is 2.96. The van der Waals surface area contributed by atoms with Crippen LogP contribution in [-0.4, -0.2) is 53.5 Å². The lowest BCUT2D eigenvalue weighted by Gasteiger charge is -2.33. The summed E-state index contributed by atoms with van der Waals surface area (Å²) in [5.41, 5.74) is 2.04. The molecular formula is C22H29N5O. The summed E-state index contributed by atoms with van der Waals surface area (Å²) in [5.74, 6) is 1.66. The van der Waals surface area contributed by atoms with Crippen molar-refractivity contribution >= 4 is 18.2 Å². The van der Waals surface area contributed by atoms with Crippen LogP contribution in [0.25, 0.3) is 11.3 Å². The van der Waals surface area contributed by atoms with Crippen LogP contribution in [0.4, 0.5) is 11.8 Å². The van der Waals surface area contributed by atoms with Gasteiger partial charge in [0.25, 0.3) is 0 Å². The van der Waals surface area contributed by atoms with Gasteiger partial charge >= 0.3 is 0 Å². The molecular weight excluding hydrogens is 350 g/mol. The normalized spacial score (nSPS) is 18.6. The minimum absolute atomic E-state index is 0.487. The fraction of sp³-hybridized carbons (Fsp3) is 0.500. The van der Waals surface area contributed by atoms with Crippen molar-refractivity contribution in [2.24, 2.45) is 0 Å². The number of benzene rings is 1. The molecule has 1 aliphatic carbocycles. The molecule has 2 fully saturated rings. The van der Waals surface area contributed by atoms with Gasteiger partial charge in [0.1, 0.15) is 5.82 Å². The Morgan fingerprint density at radius 3 is 2.32 bits per heavy atom. The van der Waals surface area contributed by atoms with Gasteiger partial charge in [-0.15, -0.1) is 0 Å². The minimum Gasteiger partial charge on any atom is -0.367 e. The molecule has 4 rings (SSSR count). The average molecular weight is 380 g/mol. The summed E-state index contributed by atoms with van der Waals surface area (Å²) >= 11 is 0. The third-order valence-electron chi connectivity index (χ3n) is 5.74. The van der Waals surface area contributed by atoms with Gasteiger partial charge in [0.15, 0.2) is 0 Å².